The summed E-state index contributed by atoms with van der Waals surface area (Å²) in [6.45, 7) is 3.84. The van der Waals surface area contributed by atoms with Crippen LogP contribution in [-0.4, -0.2) is 39.2 Å². The highest BCUT2D eigenvalue weighted by atomic mass is 16.6. The standard InChI is InChI=1S/C11H18N4O4/c1-3-14-6-8(15(18)19)4-10(14)11(17)13-5-9(12)7(2)16/h4,6-7,9,16H,3,5,12H2,1-2H3,(H,13,17). The number of carbonyl (C=O) groups excluding carboxylic acids is 1. The van der Waals surface area contributed by atoms with Crippen LogP contribution in [0.3, 0.4) is 0 Å². The second-order valence-electron chi connectivity index (χ2n) is 4.24. The van der Waals surface area contributed by atoms with Crippen LogP contribution in [0.15, 0.2) is 12.3 Å². The Morgan fingerprint density at radius 3 is 2.79 bits per heavy atom. The molecule has 0 aliphatic carbocycles. The molecule has 8 heteroatoms. The first-order valence-electron chi connectivity index (χ1n) is 5.93. The Kier molecular flexibility index (Phi) is 5.02. The Hall–Kier alpha value is -1.93. The fraction of sp³-hybridized carbons (Fsp3) is 0.545. The topological polar surface area (TPSA) is 123 Å². The van der Waals surface area contributed by atoms with Crippen molar-refractivity contribution in [3.8, 4) is 0 Å². The van der Waals surface area contributed by atoms with Gasteiger partial charge in [0.15, 0.2) is 0 Å². The van der Waals surface area contributed by atoms with Crippen molar-refractivity contribution in [1.29, 1.82) is 0 Å². The molecule has 2 unspecified atom stereocenters. The van der Waals surface area contributed by atoms with Gasteiger partial charge >= 0.3 is 0 Å². The number of nitrogens with two attached hydrogens (primary N) is 1. The predicted octanol–water partition coefficient (Wildman–Crippen LogP) is -0.146. The SMILES string of the molecule is CCn1cc([N+](=O)[O-])cc1C(=O)NCC(N)C(C)O. The molecule has 1 amide bonds. The van der Waals surface area contributed by atoms with E-state index < -0.39 is 23.0 Å². The lowest BCUT2D eigenvalue weighted by molar-refractivity contribution is -0.384. The van der Waals surface area contributed by atoms with Gasteiger partial charge in [-0.3, -0.25) is 14.9 Å². The largest absolute Gasteiger partial charge is 0.392 e. The lowest BCUT2D eigenvalue weighted by Crippen LogP contribution is -2.44. The van der Waals surface area contributed by atoms with E-state index in [9.17, 15) is 20.0 Å². The van der Waals surface area contributed by atoms with Crippen LogP contribution < -0.4 is 11.1 Å². The van der Waals surface area contributed by atoms with Gasteiger partial charge in [0.25, 0.3) is 11.6 Å². The molecule has 0 aliphatic heterocycles. The zero-order valence-electron chi connectivity index (χ0n) is 10.9. The second kappa shape index (κ2) is 6.30. The number of amides is 1. The van der Waals surface area contributed by atoms with E-state index >= 15 is 0 Å². The minimum atomic E-state index is -0.743. The Labute approximate surface area is 110 Å². The average Bonchev–Trinajstić information content (AvgIpc) is 2.79. The Morgan fingerprint density at radius 1 is 1.68 bits per heavy atom. The summed E-state index contributed by atoms with van der Waals surface area (Å²) in [7, 11) is 0. The highest BCUT2D eigenvalue weighted by Crippen LogP contribution is 2.16. The first-order valence-corrected chi connectivity index (χ1v) is 5.93. The normalized spacial score (nSPS) is 13.9. The maximum absolute atomic E-state index is 11.9. The van der Waals surface area contributed by atoms with Gasteiger partial charge in [0, 0.05) is 25.2 Å². The van der Waals surface area contributed by atoms with Gasteiger partial charge in [0.1, 0.15) is 5.69 Å². The number of aromatic nitrogens is 1. The van der Waals surface area contributed by atoms with Gasteiger partial charge in [-0.1, -0.05) is 0 Å². The molecule has 0 aromatic carbocycles. The summed E-state index contributed by atoms with van der Waals surface area (Å²) in [6, 6.07) is 0.635. The van der Waals surface area contributed by atoms with E-state index in [-0.39, 0.29) is 17.9 Å². The summed E-state index contributed by atoms with van der Waals surface area (Å²) in [5, 5.41) is 22.4. The first-order chi connectivity index (χ1) is 8.86. The number of aryl methyl sites for hydroxylation is 1. The molecule has 8 nitrogen and oxygen atoms in total. The van der Waals surface area contributed by atoms with Crippen molar-refractivity contribution in [1.82, 2.24) is 9.88 Å². The van der Waals surface area contributed by atoms with Gasteiger partial charge in [-0.15, -0.1) is 0 Å². The Bertz CT molecular complexity index is 469. The van der Waals surface area contributed by atoms with E-state index in [4.69, 9.17) is 5.73 Å². The third-order valence-corrected chi connectivity index (χ3v) is 2.78. The van der Waals surface area contributed by atoms with Crippen molar-refractivity contribution in [3.63, 3.8) is 0 Å². The van der Waals surface area contributed by atoms with E-state index in [1.807, 2.05) is 0 Å². The summed E-state index contributed by atoms with van der Waals surface area (Å²) in [5.41, 5.74) is 5.66. The minimum Gasteiger partial charge on any atom is -0.392 e. The molecule has 1 heterocycles. The quantitative estimate of drug-likeness (QED) is 0.490. The molecule has 1 aromatic rings. The van der Waals surface area contributed by atoms with Crippen LogP contribution in [0.2, 0.25) is 0 Å². The predicted molar refractivity (Wildman–Crippen MR) is 68.7 cm³/mol. The number of nitrogens with one attached hydrogen (secondary N) is 1. The first kappa shape index (κ1) is 15.1. The number of carbonyl (C=O) groups is 1. The summed E-state index contributed by atoms with van der Waals surface area (Å²) >= 11 is 0. The molecule has 0 radical (unpaired) electrons. The van der Waals surface area contributed by atoms with E-state index in [0.29, 0.717) is 6.54 Å². The van der Waals surface area contributed by atoms with Crippen molar-refractivity contribution in [3.05, 3.63) is 28.1 Å². The number of rotatable bonds is 6. The van der Waals surface area contributed by atoms with Crippen molar-refractivity contribution in [2.24, 2.45) is 5.73 Å². The summed E-state index contributed by atoms with van der Waals surface area (Å²) < 4.78 is 1.49. The van der Waals surface area contributed by atoms with E-state index in [2.05, 4.69) is 5.32 Å². The lowest BCUT2D eigenvalue weighted by atomic mass is 10.2. The smallest absolute Gasteiger partial charge is 0.287 e. The molecule has 0 saturated carbocycles. The van der Waals surface area contributed by atoms with E-state index in [1.54, 1.807) is 6.92 Å². The van der Waals surface area contributed by atoms with Crippen molar-refractivity contribution >= 4 is 11.6 Å². The molecule has 106 valence electrons. The molecule has 4 N–H and O–H groups in total. The zero-order chi connectivity index (χ0) is 14.6. The van der Waals surface area contributed by atoms with Crippen molar-refractivity contribution in [2.45, 2.75) is 32.5 Å². The Morgan fingerprint density at radius 2 is 2.32 bits per heavy atom. The summed E-state index contributed by atoms with van der Waals surface area (Å²) in [5.74, 6) is -0.453. The maximum atomic E-state index is 11.9. The van der Waals surface area contributed by atoms with Gasteiger partial charge in [-0.25, -0.2) is 0 Å². The molecule has 1 rings (SSSR count). The fourth-order valence-corrected chi connectivity index (χ4v) is 1.52. The molecule has 0 aliphatic rings. The van der Waals surface area contributed by atoms with E-state index in [0.717, 1.165) is 0 Å². The van der Waals surface area contributed by atoms with Crippen LogP contribution in [0.4, 0.5) is 5.69 Å². The third kappa shape index (κ3) is 3.76. The zero-order valence-corrected chi connectivity index (χ0v) is 10.9. The molecule has 0 fully saturated rings. The van der Waals surface area contributed by atoms with Crippen LogP contribution in [0.1, 0.15) is 24.3 Å². The number of aliphatic hydroxyl groups is 1. The van der Waals surface area contributed by atoms with Crippen molar-refractivity contribution in [2.75, 3.05) is 6.54 Å². The van der Waals surface area contributed by atoms with Gasteiger partial charge < -0.3 is 20.7 Å². The molecule has 2 atom stereocenters. The summed E-state index contributed by atoms with van der Waals surface area (Å²) in [4.78, 5) is 22.0. The molecule has 0 saturated heterocycles. The molecule has 1 aromatic heterocycles. The lowest BCUT2D eigenvalue weighted by Gasteiger charge is -2.15. The van der Waals surface area contributed by atoms with Crippen LogP contribution in [0, 0.1) is 10.1 Å². The fourth-order valence-electron chi connectivity index (χ4n) is 1.52. The van der Waals surface area contributed by atoms with Crippen molar-refractivity contribution < 1.29 is 14.8 Å². The van der Waals surface area contributed by atoms with Crippen LogP contribution in [0.5, 0.6) is 0 Å². The van der Waals surface area contributed by atoms with Gasteiger partial charge in [0.05, 0.1) is 17.2 Å². The minimum absolute atomic E-state index is 0.0964. The molecular formula is C11H18N4O4. The number of nitrogens with zero attached hydrogens (tertiary/aromatic N) is 2. The highest BCUT2D eigenvalue weighted by molar-refractivity contribution is 5.93. The second-order valence-corrected chi connectivity index (χ2v) is 4.24. The van der Waals surface area contributed by atoms with Gasteiger partial charge in [-0.05, 0) is 13.8 Å². The number of nitro groups is 1. The highest BCUT2D eigenvalue weighted by Gasteiger charge is 2.19. The van der Waals surface area contributed by atoms with E-state index in [1.165, 1.54) is 23.8 Å². The van der Waals surface area contributed by atoms with Crippen LogP contribution in [0.25, 0.3) is 0 Å². The summed E-state index contributed by atoms with van der Waals surface area (Å²) in [6.07, 6.45) is 0.566. The van der Waals surface area contributed by atoms with Gasteiger partial charge in [-0.2, -0.15) is 0 Å². The van der Waals surface area contributed by atoms with Crippen LogP contribution in [-0.2, 0) is 6.54 Å². The molecule has 0 spiro atoms. The molecule has 19 heavy (non-hydrogen) atoms. The Balaban J connectivity index is 2.79. The molecular weight excluding hydrogens is 252 g/mol. The number of hydrogen-bond acceptors (Lipinski definition) is 5. The number of hydrogen-bond donors (Lipinski definition) is 3. The monoisotopic (exact) mass is 270 g/mol. The van der Waals surface area contributed by atoms with Gasteiger partial charge in [0.2, 0.25) is 0 Å². The third-order valence-electron chi connectivity index (χ3n) is 2.78. The number of aliphatic hydroxyl groups excluding tert-OH is 1. The maximum Gasteiger partial charge on any atom is 0.287 e. The molecule has 0 bridgehead atoms. The van der Waals surface area contributed by atoms with Crippen LogP contribution >= 0.6 is 0 Å². The average molecular weight is 270 g/mol.